The molecule has 0 aromatic carbocycles. The molecule has 0 saturated heterocycles. The zero-order chi connectivity index (χ0) is 8.58. The van der Waals surface area contributed by atoms with Crippen LogP contribution in [-0.4, -0.2) is 17.1 Å². The molecular formula is C7H12F2O. The molecular weight excluding hydrogens is 138 g/mol. The topological polar surface area (TPSA) is 17.1 Å². The maximum atomic E-state index is 12.7. The Labute approximate surface area is 59.4 Å². The van der Waals surface area contributed by atoms with Gasteiger partial charge in [0.2, 0.25) is 5.78 Å². The van der Waals surface area contributed by atoms with Crippen molar-refractivity contribution in [2.45, 2.75) is 39.0 Å². The van der Waals surface area contributed by atoms with E-state index >= 15 is 0 Å². The van der Waals surface area contributed by atoms with E-state index < -0.39 is 17.1 Å². The first-order valence-electron chi connectivity index (χ1n) is 3.08. The molecule has 0 bridgehead atoms. The lowest BCUT2D eigenvalue weighted by atomic mass is 9.94. The molecule has 0 aliphatic heterocycles. The first kappa shape index (κ1) is 9.53. The Hall–Kier alpha value is -0.470. The van der Waals surface area contributed by atoms with Crippen molar-refractivity contribution >= 4 is 5.78 Å². The SMILES string of the molecule is CC(C)(F)C(=O)C(C)(C)F. The van der Waals surface area contributed by atoms with Gasteiger partial charge in [-0.1, -0.05) is 0 Å². The summed E-state index contributed by atoms with van der Waals surface area (Å²) in [6.45, 7) is 4.21. The van der Waals surface area contributed by atoms with Crippen LogP contribution in [0.2, 0.25) is 0 Å². The van der Waals surface area contributed by atoms with E-state index in [0.717, 1.165) is 27.7 Å². The van der Waals surface area contributed by atoms with E-state index in [4.69, 9.17) is 0 Å². The summed E-state index contributed by atoms with van der Waals surface area (Å²) in [6, 6.07) is 0. The van der Waals surface area contributed by atoms with Gasteiger partial charge in [0.1, 0.15) is 0 Å². The summed E-state index contributed by atoms with van der Waals surface area (Å²) in [4.78, 5) is 10.7. The summed E-state index contributed by atoms with van der Waals surface area (Å²) in [5.41, 5.74) is -4.14. The van der Waals surface area contributed by atoms with Crippen LogP contribution in [0.25, 0.3) is 0 Å². The van der Waals surface area contributed by atoms with Crippen LogP contribution in [0.4, 0.5) is 8.78 Å². The fourth-order valence-corrected chi connectivity index (χ4v) is 0.707. The second-order valence-electron chi connectivity index (χ2n) is 3.27. The summed E-state index contributed by atoms with van der Waals surface area (Å²) in [6.07, 6.45) is 0. The quantitative estimate of drug-likeness (QED) is 0.588. The maximum absolute atomic E-state index is 12.7. The normalized spacial score (nSPS) is 13.4. The second-order valence-corrected chi connectivity index (χ2v) is 3.27. The monoisotopic (exact) mass is 150 g/mol. The molecule has 60 valence electrons. The molecule has 0 aromatic rings. The third-order valence-electron chi connectivity index (χ3n) is 1.08. The lowest BCUT2D eigenvalue weighted by molar-refractivity contribution is -0.138. The molecule has 10 heavy (non-hydrogen) atoms. The smallest absolute Gasteiger partial charge is 0.205 e. The first-order chi connectivity index (χ1) is 4.15. The van der Waals surface area contributed by atoms with Gasteiger partial charge in [0.05, 0.1) is 0 Å². The van der Waals surface area contributed by atoms with Crippen molar-refractivity contribution in [3.8, 4) is 0 Å². The molecule has 0 rings (SSSR count). The average Bonchev–Trinajstić information content (AvgIpc) is 1.59. The minimum Gasteiger partial charge on any atom is -0.292 e. The number of carbonyl (C=O) groups is 1. The average molecular weight is 150 g/mol. The first-order valence-corrected chi connectivity index (χ1v) is 3.08. The van der Waals surface area contributed by atoms with Gasteiger partial charge in [0, 0.05) is 0 Å². The van der Waals surface area contributed by atoms with E-state index in [2.05, 4.69) is 0 Å². The van der Waals surface area contributed by atoms with Crippen molar-refractivity contribution in [3.05, 3.63) is 0 Å². The van der Waals surface area contributed by atoms with Gasteiger partial charge in [0.15, 0.2) is 11.3 Å². The Bertz CT molecular complexity index is 123. The van der Waals surface area contributed by atoms with Crippen LogP contribution in [0, 0.1) is 0 Å². The molecule has 1 nitrogen and oxygen atoms in total. The Morgan fingerprint density at radius 3 is 1.20 bits per heavy atom. The minimum atomic E-state index is -2.07. The second kappa shape index (κ2) is 2.29. The van der Waals surface area contributed by atoms with Crippen LogP contribution in [0.15, 0.2) is 0 Å². The highest BCUT2D eigenvalue weighted by Gasteiger charge is 2.39. The summed E-state index contributed by atoms with van der Waals surface area (Å²) < 4.78 is 25.4. The van der Waals surface area contributed by atoms with Crippen LogP contribution in [0.3, 0.4) is 0 Å². The maximum Gasteiger partial charge on any atom is 0.205 e. The molecule has 0 fully saturated rings. The third kappa shape index (κ3) is 2.42. The number of Topliss-reactive ketones (excluding diaryl/α,β-unsaturated/α-hetero) is 1. The fraction of sp³-hybridized carbons (Fsp3) is 0.857. The molecule has 3 heteroatoms. The van der Waals surface area contributed by atoms with Crippen molar-refractivity contribution in [3.63, 3.8) is 0 Å². The molecule has 0 heterocycles. The Balaban J connectivity index is 4.40. The highest BCUT2D eigenvalue weighted by Crippen LogP contribution is 2.21. The molecule has 0 radical (unpaired) electrons. The van der Waals surface area contributed by atoms with E-state index in [9.17, 15) is 13.6 Å². The van der Waals surface area contributed by atoms with Crippen LogP contribution in [0.1, 0.15) is 27.7 Å². The number of hydrogen-bond donors (Lipinski definition) is 0. The van der Waals surface area contributed by atoms with E-state index in [1.54, 1.807) is 0 Å². The molecule has 0 unspecified atom stereocenters. The number of rotatable bonds is 2. The fourth-order valence-electron chi connectivity index (χ4n) is 0.707. The standard InChI is InChI=1S/C7H12F2O/c1-6(2,8)5(10)7(3,4)9/h1-4H3. The largest absolute Gasteiger partial charge is 0.292 e. The van der Waals surface area contributed by atoms with Gasteiger partial charge in [-0.25, -0.2) is 8.78 Å². The number of alkyl halides is 2. The molecule has 0 aliphatic carbocycles. The van der Waals surface area contributed by atoms with Crippen LogP contribution in [0.5, 0.6) is 0 Å². The van der Waals surface area contributed by atoms with Gasteiger partial charge in [0.25, 0.3) is 0 Å². The summed E-state index contributed by atoms with van der Waals surface area (Å²) in [7, 11) is 0. The molecule has 0 amide bonds. The highest BCUT2D eigenvalue weighted by molar-refractivity contribution is 5.93. The van der Waals surface area contributed by atoms with Gasteiger partial charge in [-0.15, -0.1) is 0 Å². The van der Waals surface area contributed by atoms with Gasteiger partial charge >= 0.3 is 0 Å². The van der Waals surface area contributed by atoms with Crippen molar-refractivity contribution in [1.29, 1.82) is 0 Å². The van der Waals surface area contributed by atoms with Gasteiger partial charge in [-0.05, 0) is 27.7 Å². The van der Waals surface area contributed by atoms with Crippen LogP contribution < -0.4 is 0 Å². The van der Waals surface area contributed by atoms with Crippen LogP contribution >= 0.6 is 0 Å². The predicted octanol–water partition coefficient (Wildman–Crippen LogP) is 2.05. The number of ketones is 1. The number of halogens is 2. The van der Waals surface area contributed by atoms with Crippen molar-refractivity contribution in [2.24, 2.45) is 0 Å². The molecule has 0 saturated carbocycles. The Morgan fingerprint density at radius 2 is 1.20 bits per heavy atom. The van der Waals surface area contributed by atoms with Gasteiger partial charge in [-0.3, -0.25) is 4.79 Å². The van der Waals surface area contributed by atoms with Gasteiger partial charge in [-0.2, -0.15) is 0 Å². The summed E-state index contributed by atoms with van der Waals surface area (Å²) in [5, 5.41) is 0. The molecule has 0 atom stereocenters. The molecule has 0 aromatic heterocycles. The number of hydrogen-bond acceptors (Lipinski definition) is 1. The molecule has 0 N–H and O–H groups in total. The number of carbonyl (C=O) groups excluding carboxylic acids is 1. The van der Waals surface area contributed by atoms with E-state index in [-0.39, 0.29) is 0 Å². The van der Waals surface area contributed by atoms with Crippen molar-refractivity contribution in [1.82, 2.24) is 0 Å². The lowest BCUT2D eigenvalue weighted by Crippen LogP contribution is -2.40. The lowest BCUT2D eigenvalue weighted by Gasteiger charge is -2.20. The summed E-state index contributed by atoms with van der Waals surface area (Å²) in [5.74, 6) is -1.01. The predicted molar refractivity (Wildman–Crippen MR) is 35.4 cm³/mol. The Kier molecular flexibility index (Phi) is 2.18. The zero-order valence-electron chi connectivity index (χ0n) is 6.66. The Morgan fingerprint density at radius 1 is 1.00 bits per heavy atom. The van der Waals surface area contributed by atoms with Crippen LogP contribution in [-0.2, 0) is 4.79 Å². The van der Waals surface area contributed by atoms with E-state index in [1.165, 1.54) is 0 Å². The summed E-state index contributed by atoms with van der Waals surface area (Å²) >= 11 is 0. The van der Waals surface area contributed by atoms with E-state index in [0.29, 0.717) is 0 Å². The third-order valence-corrected chi connectivity index (χ3v) is 1.08. The van der Waals surface area contributed by atoms with E-state index in [1.807, 2.05) is 0 Å². The van der Waals surface area contributed by atoms with Crippen molar-refractivity contribution in [2.75, 3.05) is 0 Å². The minimum absolute atomic E-state index is 1.01. The zero-order valence-corrected chi connectivity index (χ0v) is 6.66. The molecule has 0 aliphatic rings. The van der Waals surface area contributed by atoms with Gasteiger partial charge < -0.3 is 0 Å². The molecule has 0 spiro atoms. The highest BCUT2D eigenvalue weighted by atomic mass is 19.2. The van der Waals surface area contributed by atoms with Crippen molar-refractivity contribution < 1.29 is 13.6 Å².